The van der Waals surface area contributed by atoms with E-state index in [9.17, 15) is 0 Å². The summed E-state index contributed by atoms with van der Waals surface area (Å²) in [6, 6.07) is 23.2. The molecule has 5 heteroatoms. The van der Waals surface area contributed by atoms with Crippen molar-refractivity contribution in [2.24, 2.45) is 4.99 Å². The molecule has 0 atom stereocenters. The Balaban J connectivity index is 1.16. The normalized spacial score (nSPS) is 17.6. The summed E-state index contributed by atoms with van der Waals surface area (Å²) in [5.74, 6) is 1.64. The zero-order chi connectivity index (χ0) is 21.2. The summed E-state index contributed by atoms with van der Waals surface area (Å²) in [6.45, 7) is 2.85. The molecule has 0 aliphatic carbocycles. The van der Waals surface area contributed by atoms with Gasteiger partial charge in [-0.1, -0.05) is 41.9 Å². The van der Waals surface area contributed by atoms with E-state index in [4.69, 9.17) is 22.3 Å². The first kappa shape index (κ1) is 20.0. The summed E-state index contributed by atoms with van der Waals surface area (Å²) in [4.78, 5) is 7.26. The highest BCUT2D eigenvalue weighted by Gasteiger charge is 2.21. The molecule has 0 unspecified atom stereocenters. The SMILES string of the molecule is Nc1ccc2c(c1)NC(=NCc1ccc(N3CCC(c4ccc(Cl)cc4)CC3)cc1)C2. The molecule has 1 fully saturated rings. The van der Waals surface area contributed by atoms with Crippen LogP contribution in [-0.2, 0) is 13.0 Å². The lowest BCUT2D eigenvalue weighted by Gasteiger charge is -2.34. The zero-order valence-electron chi connectivity index (χ0n) is 17.5. The molecule has 3 aromatic carbocycles. The van der Waals surface area contributed by atoms with Gasteiger partial charge in [0.2, 0.25) is 0 Å². The Hall–Kier alpha value is -2.98. The number of nitrogen functional groups attached to an aromatic ring is 1. The average Bonchev–Trinajstić information content (AvgIpc) is 3.21. The topological polar surface area (TPSA) is 53.6 Å². The van der Waals surface area contributed by atoms with E-state index in [-0.39, 0.29) is 0 Å². The van der Waals surface area contributed by atoms with Crippen LogP contribution in [0.15, 0.2) is 71.7 Å². The second-order valence-corrected chi connectivity index (χ2v) is 8.90. The van der Waals surface area contributed by atoms with Gasteiger partial charge in [-0.05, 0) is 71.8 Å². The van der Waals surface area contributed by atoms with Gasteiger partial charge in [-0.25, -0.2) is 0 Å². The van der Waals surface area contributed by atoms with E-state index in [1.807, 2.05) is 24.3 Å². The highest BCUT2D eigenvalue weighted by atomic mass is 35.5. The number of anilines is 3. The minimum atomic E-state index is 0.627. The van der Waals surface area contributed by atoms with Crippen LogP contribution in [0.2, 0.25) is 5.02 Å². The van der Waals surface area contributed by atoms with Crippen LogP contribution >= 0.6 is 11.6 Å². The van der Waals surface area contributed by atoms with Crippen molar-refractivity contribution in [3.8, 4) is 0 Å². The molecular weight excluding hydrogens is 404 g/mol. The Morgan fingerprint density at radius 3 is 2.45 bits per heavy atom. The van der Waals surface area contributed by atoms with Gasteiger partial charge in [0.25, 0.3) is 0 Å². The van der Waals surface area contributed by atoms with Gasteiger partial charge < -0.3 is 16.0 Å². The molecule has 3 N–H and O–H groups in total. The molecule has 2 heterocycles. The summed E-state index contributed by atoms with van der Waals surface area (Å²) in [6.07, 6.45) is 3.19. The van der Waals surface area contributed by atoms with Crippen LogP contribution in [0.1, 0.15) is 35.4 Å². The standard InChI is InChI=1S/C26H27ClN4/c27-22-6-3-19(4-7-22)20-11-13-31(14-12-20)24-9-1-18(2-10-24)17-29-26-15-21-5-8-23(28)16-25(21)30-26/h1-10,16,20H,11-15,17,28H2,(H,29,30). The van der Waals surface area contributed by atoms with Crippen molar-refractivity contribution in [2.75, 3.05) is 29.0 Å². The number of hydrogen-bond donors (Lipinski definition) is 2. The minimum absolute atomic E-state index is 0.627. The van der Waals surface area contributed by atoms with Crippen molar-refractivity contribution in [1.29, 1.82) is 0 Å². The van der Waals surface area contributed by atoms with E-state index in [0.29, 0.717) is 12.5 Å². The molecule has 158 valence electrons. The van der Waals surface area contributed by atoms with E-state index in [1.165, 1.54) is 35.2 Å². The summed E-state index contributed by atoms with van der Waals surface area (Å²) in [5, 5.41) is 4.19. The summed E-state index contributed by atoms with van der Waals surface area (Å²) >= 11 is 6.03. The summed E-state index contributed by atoms with van der Waals surface area (Å²) in [5.41, 5.74) is 12.9. The number of benzene rings is 3. The van der Waals surface area contributed by atoms with Crippen LogP contribution in [-0.4, -0.2) is 18.9 Å². The van der Waals surface area contributed by atoms with Crippen molar-refractivity contribution in [1.82, 2.24) is 0 Å². The van der Waals surface area contributed by atoms with Crippen molar-refractivity contribution >= 4 is 34.5 Å². The summed E-state index contributed by atoms with van der Waals surface area (Å²) in [7, 11) is 0. The quantitative estimate of drug-likeness (QED) is 0.508. The Bertz CT molecular complexity index is 1080. The van der Waals surface area contributed by atoms with E-state index < -0.39 is 0 Å². The second kappa shape index (κ2) is 8.64. The van der Waals surface area contributed by atoms with Gasteiger partial charge >= 0.3 is 0 Å². The van der Waals surface area contributed by atoms with Gasteiger partial charge in [-0.15, -0.1) is 0 Å². The van der Waals surface area contributed by atoms with E-state index in [0.717, 1.165) is 41.7 Å². The fourth-order valence-electron chi connectivity index (χ4n) is 4.54. The molecule has 0 spiro atoms. The molecule has 0 aromatic heterocycles. The van der Waals surface area contributed by atoms with Gasteiger partial charge in [0, 0.05) is 41.6 Å². The van der Waals surface area contributed by atoms with Gasteiger partial charge in [0.15, 0.2) is 0 Å². The van der Waals surface area contributed by atoms with Crippen LogP contribution in [0.4, 0.5) is 17.1 Å². The average molecular weight is 431 g/mol. The monoisotopic (exact) mass is 430 g/mol. The maximum atomic E-state index is 6.03. The number of halogens is 1. The first-order valence-electron chi connectivity index (χ1n) is 10.9. The molecule has 0 amide bonds. The highest BCUT2D eigenvalue weighted by Crippen LogP contribution is 2.31. The number of rotatable bonds is 4. The minimum Gasteiger partial charge on any atom is -0.399 e. The van der Waals surface area contributed by atoms with Gasteiger partial charge in [0.05, 0.1) is 6.54 Å². The van der Waals surface area contributed by atoms with Crippen LogP contribution in [0.5, 0.6) is 0 Å². The third-order valence-electron chi connectivity index (χ3n) is 6.36. The van der Waals surface area contributed by atoms with Crippen molar-refractivity contribution in [3.05, 3.63) is 88.4 Å². The first-order chi connectivity index (χ1) is 15.1. The highest BCUT2D eigenvalue weighted by molar-refractivity contribution is 6.30. The van der Waals surface area contributed by atoms with Crippen LogP contribution in [0.3, 0.4) is 0 Å². The molecule has 5 rings (SSSR count). The fourth-order valence-corrected chi connectivity index (χ4v) is 4.67. The van der Waals surface area contributed by atoms with E-state index >= 15 is 0 Å². The predicted octanol–water partition coefficient (Wildman–Crippen LogP) is 5.87. The lowest BCUT2D eigenvalue weighted by molar-refractivity contribution is 0.505. The lowest BCUT2D eigenvalue weighted by Crippen LogP contribution is -2.32. The zero-order valence-corrected chi connectivity index (χ0v) is 18.3. The molecule has 2 aliphatic heterocycles. The Morgan fingerprint density at radius 2 is 1.71 bits per heavy atom. The molecule has 3 aromatic rings. The Kier molecular flexibility index (Phi) is 5.56. The molecule has 2 aliphatic rings. The molecular formula is C26H27ClN4. The van der Waals surface area contributed by atoms with E-state index in [1.54, 1.807) is 0 Å². The molecule has 4 nitrogen and oxygen atoms in total. The van der Waals surface area contributed by atoms with Crippen LogP contribution in [0, 0.1) is 0 Å². The van der Waals surface area contributed by atoms with Crippen LogP contribution in [0.25, 0.3) is 0 Å². The molecule has 0 saturated carbocycles. The third kappa shape index (κ3) is 4.54. The maximum absolute atomic E-state index is 6.03. The first-order valence-corrected chi connectivity index (χ1v) is 11.3. The van der Waals surface area contributed by atoms with Crippen molar-refractivity contribution < 1.29 is 0 Å². The molecule has 0 bridgehead atoms. The molecule has 0 radical (unpaired) electrons. The van der Waals surface area contributed by atoms with Gasteiger partial charge in [-0.2, -0.15) is 0 Å². The smallest absolute Gasteiger partial charge is 0.106 e. The Labute approximate surface area is 188 Å². The van der Waals surface area contributed by atoms with Gasteiger partial charge in [0.1, 0.15) is 5.84 Å². The molecule has 1 saturated heterocycles. The maximum Gasteiger partial charge on any atom is 0.106 e. The number of fused-ring (bicyclic) bond motifs is 1. The van der Waals surface area contributed by atoms with E-state index in [2.05, 4.69) is 52.7 Å². The lowest BCUT2D eigenvalue weighted by atomic mass is 9.89. The largest absolute Gasteiger partial charge is 0.399 e. The second-order valence-electron chi connectivity index (χ2n) is 8.46. The number of piperidine rings is 1. The Morgan fingerprint density at radius 1 is 0.968 bits per heavy atom. The predicted molar refractivity (Wildman–Crippen MR) is 131 cm³/mol. The van der Waals surface area contributed by atoms with Gasteiger partial charge in [-0.3, -0.25) is 4.99 Å². The molecule has 31 heavy (non-hydrogen) atoms. The third-order valence-corrected chi connectivity index (χ3v) is 6.61. The summed E-state index contributed by atoms with van der Waals surface area (Å²) < 4.78 is 0. The number of nitrogens with two attached hydrogens (primary N) is 1. The van der Waals surface area contributed by atoms with Crippen LogP contribution < -0.4 is 16.0 Å². The van der Waals surface area contributed by atoms with Crippen molar-refractivity contribution in [2.45, 2.75) is 31.7 Å². The number of nitrogens with one attached hydrogen (secondary N) is 1. The number of hydrogen-bond acceptors (Lipinski definition) is 3. The number of amidine groups is 1. The number of aliphatic imine (C=N–C) groups is 1. The fraction of sp³-hybridized carbons (Fsp3) is 0.269. The van der Waals surface area contributed by atoms with Crippen molar-refractivity contribution in [3.63, 3.8) is 0 Å². The number of nitrogens with zero attached hydrogens (tertiary/aromatic N) is 2.